The molecule has 1 N–H and O–H groups in total. The van der Waals surface area contributed by atoms with Crippen LogP contribution < -0.4 is 10.2 Å². The van der Waals surface area contributed by atoms with Gasteiger partial charge in [-0.25, -0.2) is 5.43 Å². The minimum Gasteiger partial charge on any atom is -0.487 e. The van der Waals surface area contributed by atoms with Crippen molar-refractivity contribution in [3.8, 4) is 5.75 Å². The molecule has 1 saturated heterocycles. The number of benzene rings is 1. The lowest BCUT2D eigenvalue weighted by atomic mass is 9.83. The highest BCUT2D eigenvalue weighted by molar-refractivity contribution is 6.05. The number of piperidine rings is 1. The summed E-state index contributed by atoms with van der Waals surface area (Å²) in [5.74, 6) is 1.03. The van der Waals surface area contributed by atoms with Crippen LogP contribution >= 0.6 is 0 Å². The predicted octanol–water partition coefficient (Wildman–Crippen LogP) is 2.87. The van der Waals surface area contributed by atoms with Crippen LogP contribution in [0.4, 0.5) is 0 Å². The molecule has 5 heteroatoms. The highest BCUT2D eigenvalue weighted by Crippen LogP contribution is 2.42. The number of hydrogen-bond acceptors (Lipinski definition) is 4. The summed E-state index contributed by atoms with van der Waals surface area (Å²) in [5, 5.41) is 4.28. The number of carbonyl (C=O) groups excluding carboxylic acids is 1. The summed E-state index contributed by atoms with van der Waals surface area (Å²) in [5.41, 5.74) is 6.03. The molecule has 0 aromatic heterocycles. The first-order valence-corrected chi connectivity index (χ1v) is 10.0. The molecule has 1 atom stereocenters. The quantitative estimate of drug-likeness (QED) is 0.889. The summed E-state index contributed by atoms with van der Waals surface area (Å²) in [6, 6.07) is 7.25. The van der Waals surface area contributed by atoms with Crippen LogP contribution in [0, 0.1) is 5.92 Å². The SMILES string of the molecule is CC1CC(c2ccc3c(c2)CC2(CCN(C4CCC4)CC2)O3)=NNC1=O. The van der Waals surface area contributed by atoms with E-state index in [1.54, 1.807) is 0 Å². The molecular formula is C21H27N3O2. The van der Waals surface area contributed by atoms with E-state index in [-0.39, 0.29) is 17.4 Å². The van der Waals surface area contributed by atoms with Gasteiger partial charge in [0.25, 0.3) is 0 Å². The van der Waals surface area contributed by atoms with Crippen molar-refractivity contribution in [3.05, 3.63) is 29.3 Å². The van der Waals surface area contributed by atoms with E-state index in [1.165, 1.54) is 37.9 Å². The molecule has 1 unspecified atom stereocenters. The maximum atomic E-state index is 11.6. The molecule has 1 aromatic carbocycles. The van der Waals surface area contributed by atoms with E-state index in [2.05, 4.69) is 33.6 Å². The van der Waals surface area contributed by atoms with Crippen molar-refractivity contribution in [2.24, 2.45) is 11.0 Å². The van der Waals surface area contributed by atoms with Crippen molar-refractivity contribution in [2.45, 2.75) is 63.5 Å². The predicted molar refractivity (Wildman–Crippen MR) is 100 cm³/mol. The van der Waals surface area contributed by atoms with Crippen LogP contribution in [0.25, 0.3) is 0 Å². The zero-order valence-corrected chi connectivity index (χ0v) is 15.5. The van der Waals surface area contributed by atoms with Gasteiger partial charge in [0.05, 0.1) is 5.71 Å². The number of carbonyl (C=O) groups is 1. The summed E-state index contributed by atoms with van der Waals surface area (Å²) in [6.45, 7) is 4.29. The molecule has 4 aliphatic rings. The Bertz CT molecular complexity index is 761. The van der Waals surface area contributed by atoms with E-state index >= 15 is 0 Å². The fourth-order valence-corrected chi connectivity index (χ4v) is 4.78. The lowest BCUT2D eigenvalue weighted by molar-refractivity contribution is -0.124. The lowest BCUT2D eigenvalue weighted by Crippen LogP contribution is -2.52. The Morgan fingerprint density at radius 3 is 2.77 bits per heavy atom. The molecular weight excluding hydrogens is 326 g/mol. The van der Waals surface area contributed by atoms with Crippen molar-refractivity contribution in [2.75, 3.05) is 13.1 Å². The molecule has 26 heavy (non-hydrogen) atoms. The van der Waals surface area contributed by atoms with Crippen molar-refractivity contribution in [1.29, 1.82) is 0 Å². The Balaban J connectivity index is 1.30. The molecule has 5 nitrogen and oxygen atoms in total. The molecule has 1 saturated carbocycles. The van der Waals surface area contributed by atoms with Gasteiger partial charge in [0.15, 0.2) is 0 Å². The molecule has 5 rings (SSSR count). The summed E-state index contributed by atoms with van der Waals surface area (Å²) in [7, 11) is 0. The Hall–Kier alpha value is -1.88. The second-order valence-corrected chi connectivity index (χ2v) is 8.54. The largest absolute Gasteiger partial charge is 0.487 e. The Morgan fingerprint density at radius 1 is 1.27 bits per heavy atom. The third-order valence-corrected chi connectivity index (χ3v) is 6.78. The number of nitrogens with one attached hydrogen (secondary N) is 1. The Kier molecular flexibility index (Phi) is 3.82. The minimum atomic E-state index is -0.0193. The maximum Gasteiger partial charge on any atom is 0.243 e. The first-order valence-electron chi connectivity index (χ1n) is 10.0. The van der Waals surface area contributed by atoms with Gasteiger partial charge in [-0.3, -0.25) is 4.79 Å². The Morgan fingerprint density at radius 2 is 2.08 bits per heavy atom. The molecule has 1 aliphatic carbocycles. The lowest BCUT2D eigenvalue weighted by Gasteiger charge is -2.45. The van der Waals surface area contributed by atoms with Crippen molar-refractivity contribution < 1.29 is 9.53 Å². The van der Waals surface area contributed by atoms with Crippen LogP contribution in [0.5, 0.6) is 5.75 Å². The maximum absolute atomic E-state index is 11.6. The van der Waals surface area contributed by atoms with Gasteiger partial charge in [-0.05, 0) is 42.2 Å². The molecule has 0 radical (unpaired) electrons. The molecule has 2 fully saturated rings. The number of hydrazone groups is 1. The number of fused-ring (bicyclic) bond motifs is 1. The summed E-state index contributed by atoms with van der Waals surface area (Å²) in [6.07, 6.45) is 8.13. The minimum absolute atomic E-state index is 0.00289. The highest BCUT2D eigenvalue weighted by atomic mass is 16.5. The average Bonchev–Trinajstić information content (AvgIpc) is 2.95. The standard InChI is InChI=1S/C21H27N3O2/c1-14-11-18(22-23-20(14)25)15-5-6-19-16(12-15)13-21(26-19)7-9-24(10-8-21)17-3-2-4-17/h5-6,12,14,17H,2-4,7-11,13H2,1H3,(H,23,25). The smallest absolute Gasteiger partial charge is 0.243 e. The van der Waals surface area contributed by atoms with Crippen LogP contribution in [0.2, 0.25) is 0 Å². The van der Waals surface area contributed by atoms with Crippen molar-refractivity contribution in [1.82, 2.24) is 10.3 Å². The first kappa shape index (κ1) is 16.3. The molecule has 1 aromatic rings. The molecule has 1 spiro atoms. The molecule has 1 amide bonds. The van der Waals surface area contributed by atoms with E-state index < -0.39 is 0 Å². The van der Waals surface area contributed by atoms with Crippen LogP contribution in [-0.4, -0.2) is 41.3 Å². The fraction of sp³-hybridized carbons (Fsp3) is 0.619. The van der Waals surface area contributed by atoms with Gasteiger partial charge < -0.3 is 9.64 Å². The normalized spacial score (nSPS) is 28.1. The van der Waals surface area contributed by atoms with Gasteiger partial charge in [0, 0.05) is 50.7 Å². The summed E-state index contributed by atoms with van der Waals surface area (Å²) in [4.78, 5) is 14.3. The van der Waals surface area contributed by atoms with Crippen LogP contribution in [0.15, 0.2) is 23.3 Å². The zero-order chi connectivity index (χ0) is 17.7. The monoisotopic (exact) mass is 353 g/mol. The van der Waals surface area contributed by atoms with E-state index in [0.717, 1.165) is 42.3 Å². The first-order chi connectivity index (χ1) is 12.6. The summed E-state index contributed by atoms with van der Waals surface area (Å²) < 4.78 is 6.46. The van der Waals surface area contributed by atoms with Crippen LogP contribution in [-0.2, 0) is 11.2 Å². The molecule has 0 bridgehead atoms. The van der Waals surface area contributed by atoms with E-state index in [0.29, 0.717) is 6.42 Å². The molecule has 138 valence electrons. The van der Waals surface area contributed by atoms with Gasteiger partial charge in [-0.15, -0.1) is 0 Å². The fourth-order valence-electron chi connectivity index (χ4n) is 4.78. The van der Waals surface area contributed by atoms with E-state index in [9.17, 15) is 4.79 Å². The van der Waals surface area contributed by atoms with Crippen LogP contribution in [0.1, 0.15) is 56.6 Å². The van der Waals surface area contributed by atoms with Crippen molar-refractivity contribution in [3.63, 3.8) is 0 Å². The number of hydrogen-bond donors (Lipinski definition) is 1. The number of likely N-dealkylation sites (tertiary alicyclic amines) is 1. The van der Waals surface area contributed by atoms with Crippen LogP contribution in [0.3, 0.4) is 0 Å². The number of nitrogens with zero attached hydrogens (tertiary/aromatic N) is 2. The summed E-state index contributed by atoms with van der Waals surface area (Å²) >= 11 is 0. The Labute approximate surface area is 154 Å². The zero-order valence-electron chi connectivity index (χ0n) is 15.5. The average molecular weight is 353 g/mol. The van der Waals surface area contributed by atoms with Crippen molar-refractivity contribution >= 4 is 11.6 Å². The number of rotatable bonds is 2. The third-order valence-electron chi connectivity index (χ3n) is 6.78. The third kappa shape index (κ3) is 2.73. The topological polar surface area (TPSA) is 53.9 Å². The van der Waals surface area contributed by atoms with Gasteiger partial charge >= 0.3 is 0 Å². The number of ether oxygens (including phenoxy) is 1. The van der Waals surface area contributed by atoms with E-state index in [1.807, 2.05) is 6.92 Å². The second-order valence-electron chi connectivity index (χ2n) is 8.54. The van der Waals surface area contributed by atoms with Gasteiger partial charge in [0.2, 0.25) is 5.91 Å². The number of amides is 1. The highest BCUT2D eigenvalue weighted by Gasteiger charge is 2.43. The second kappa shape index (κ2) is 6.08. The molecule has 3 heterocycles. The molecule has 3 aliphatic heterocycles. The van der Waals surface area contributed by atoms with E-state index in [4.69, 9.17) is 4.74 Å². The van der Waals surface area contributed by atoms with Gasteiger partial charge in [-0.1, -0.05) is 13.3 Å². The van der Waals surface area contributed by atoms with Gasteiger partial charge in [-0.2, -0.15) is 5.10 Å². The van der Waals surface area contributed by atoms with Gasteiger partial charge in [0.1, 0.15) is 11.4 Å².